The number of sulfonamides is 1. The zero-order chi connectivity index (χ0) is 21.2. The minimum atomic E-state index is -4.10. The summed E-state index contributed by atoms with van der Waals surface area (Å²) in [7, 11) is -2.86. The van der Waals surface area contributed by atoms with E-state index in [1.54, 1.807) is 6.92 Å². The van der Waals surface area contributed by atoms with Crippen LogP contribution in [0.5, 0.6) is 5.75 Å². The molecule has 3 rings (SSSR count). The van der Waals surface area contributed by atoms with Gasteiger partial charge in [0, 0.05) is 12.6 Å². The molecule has 0 atom stereocenters. The molecule has 29 heavy (non-hydrogen) atoms. The number of esters is 1. The molecule has 0 saturated carbocycles. The number of ether oxygens (including phenoxy) is 2. The lowest BCUT2D eigenvalue weighted by molar-refractivity contribution is -0.385. The summed E-state index contributed by atoms with van der Waals surface area (Å²) in [5, 5.41) is 11.4. The Kier molecular flexibility index (Phi) is 6.03. The van der Waals surface area contributed by atoms with Crippen LogP contribution in [-0.2, 0) is 21.2 Å². The van der Waals surface area contributed by atoms with Crippen molar-refractivity contribution in [3.63, 3.8) is 0 Å². The van der Waals surface area contributed by atoms with Crippen LogP contribution in [0.15, 0.2) is 23.1 Å². The van der Waals surface area contributed by atoms with Crippen molar-refractivity contribution in [2.75, 3.05) is 24.6 Å². The number of hydrogen-bond donors (Lipinski definition) is 0. The number of fused-ring (bicyclic) bond motifs is 1. The Hall–Kier alpha value is -2.73. The maximum Gasteiger partial charge on any atom is 0.367 e. The van der Waals surface area contributed by atoms with Crippen LogP contribution in [-0.4, -0.2) is 44.6 Å². The zero-order valence-electron chi connectivity index (χ0n) is 15.8. The summed E-state index contributed by atoms with van der Waals surface area (Å²) < 4.78 is 38.1. The molecule has 0 N–H and O–H groups in total. The summed E-state index contributed by atoms with van der Waals surface area (Å²) in [6.07, 6.45) is 1.85. The van der Waals surface area contributed by atoms with Gasteiger partial charge in [-0.25, -0.2) is 18.2 Å². The maximum atomic E-state index is 13.4. The van der Waals surface area contributed by atoms with Crippen molar-refractivity contribution in [1.29, 1.82) is 0 Å². The second-order valence-electron chi connectivity index (χ2n) is 6.12. The predicted octanol–water partition coefficient (Wildman–Crippen LogP) is 2.77. The third kappa shape index (κ3) is 4.03. The largest absolute Gasteiger partial charge is 0.495 e. The Morgan fingerprint density at radius 2 is 2.14 bits per heavy atom. The van der Waals surface area contributed by atoms with Crippen molar-refractivity contribution < 1.29 is 27.6 Å². The minimum Gasteiger partial charge on any atom is -0.495 e. The topological polar surface area (TPSA) is 129 Å². The molecule has 10 nitrogen and oxygen atoms in total. The summed E-state index contributed by atoms with van der Waals surface area (Å²) in [6, 6.07) is 3.34. The highest BCUT2D eigenvalue weighted by atomic mass is 32.2. The van der Waals surface area contributed by atoms with Gasteiger partial charge in [0.25, 0.3) is 15.7 Å². The highest BCUT2D eigenvalue weighted by Gasteiger charge is 2.34. The van der Waals surface area contributed by atoms with E-state index in [0.29, 0.717) is 30.0 Å². The third-order valence-electron chi connectivity index (χ3n) is 4.30. The number of aryl methyl sites for hydroxylation is 1. The zero-order valence-corrected chi connectivity index (χ0v) is 17.4. The Morgan fingerprint density at radius 3 is 2.79 bits per heavy atom. The van der Waals surface area contributed by atoms with Gasteiger partial charge in [-0.1, -0.05) is 11.3 Å². The second kappa shape index (κ2) is 8.33. The van der Waals surface area contributed by atoms with Crippen LogP contribution < -0.4 is 9.04 Å². The van der Waals surface area contributed by atoms with E-state index in [1.165, 1.54) is 11.4 Å². The van der Waals surface area contributed by atoms with Crippen LogP contribution >= 0.6 is 11.3 Å². The molecule has 0 unspecified atom stereocenters. The van der Waals surface area contributed by atoms with Gasteiger partial charge in [-0.15, -0.1) is 0 Å². The van der Waals surface area contributed by atoms with Gasteiger partial charge in [0.15, 0.2) is 0 Å². The number of hydrogen-bond acceptors (Lipinski definition) is 9. The van der Waals surface area contributed by atoms with E-state index < -0.39 is 20.9 Å². The third-order valence-corrected chi connectivity index (χ3v) is 7.36. The number of carbonyl (C=O) groups is 1. The lowest BCUT2D eigenvalue weighted by atomic mass is 10.2. The SMILES string of the molecule is CCOC(=O)c1nc2c(s1)N(S(=O)(=O)c1ccc([N+](=O)[O-])cc1OC)CCCC2. The lowest BCUT2D eigenvalue weighted by Gasteiger charge is -2.22. The van der Waals surface area contributed by atoms with Gasteiger partial charge in [-0.3, -0.25) is 14.4 Å². The van der Waals surface area contributed by atoms with Gasteiger partial charge in [0.1, 0.15) is 15.6 Å². The Morgan fingerprint density at radius 1 is 1.38 bits per heavy atom. The summed E-state index contributed by atoms with van der Waals surface area (Å²) in [5.41, 5.74) is 0.236. The molecule has 1 aliphatic heterocycles. The Labute approximate surface area is 171 Å². The van der Waals surface area contributed by atoms with E-state index >= 15 is 0 Å². The number of nitro benzene ring substituents is 1. The van der Waals surface area contributed by atoms with E-state index in [9.17, 15) is 23.3 Å². The first kappa shape index (κ1) is 21.0. The molecule has 0 saturated heterocycles. The van der Waals surface area contributed by atoms with Crippen LogP contribution in [0, 0.1) is 10.1 Å². The number of methoxy groups -OCH3 is 1. The fraction of sp³-hybridized carbons (Fsp3) is 0.412. The first-order chi connectivity index (χ1) is 13.8. The fourth-order valence-electron chi connectivity index (χ4n) is 2.96. The molecule has 0 amide bonds. The fourth-order valence-corrected chi connectivity index (χ4v) is 5.88. The van der Waals surface area contributed by atoms with Crippen molar-refractivity contribution in [3.05, 3.63) is 39.0 Å². The molecule has 1 aromatic carbocycles. The number of rotatable bonds is 6. The average molecular weight is 441 g/mol. The van der Waals surface area contributed by atoms with Crippen LogP contribution in [0.4, 0.5) is 10.7 Å². The van der Waals surface area contributed by atoms with Crippen LogP contribution in [0.2, 0.25) is 0 Å². The van der Waals surface area contributed by atoms with Gasteiger partial charge < -0.3 is 9.47 Å². The number of nitrogens with zero attached hydrogens (tertiary/aromatic N) is 3. The Bertz CT molecular complexity index is 1050. The van der Waals surface area contributed by atoms with Crippen molar-refractivity contribution in [2.24, 2.45) is 0 Å². The number of anilines is 1. The van der Waals surface area contributed by atoms with E-state index in [2.05, 4.69) is 4.98 Å². The van der Waals surface area contributed by atoms with E-state index in [1.807, 2.05) is 0 Å². The number of aromatic nitrogens is 1. The van der Waals surface area contributed by atoms with Crippen LogP contribution in [0.1, 0.15) is 35.3 Å². The summed E-state index contributed by atoms with van der Waals surface area (Å²) in [5.74, 6) is -0.726. The van der Waals surface area contributed by atoms with Gasteiger partial charge >= 0.3 is 5.97 Å². The number of nitro groups is 1. The normalized spacial score (nSPS) is 14.1. The molecule has 1 aliphatic rings. The molecule has 2 heterocycles. The Balaban J connectivity index is 2.08. The molecule has 0 spiro atoms. The smallest absolute Gasteiger partial charge is 0.367 e. The molecule has 0 bridgehead atoms. The molecular weight excluding hydrogens is 422 g/mol. The van der Waals surface area contributed by atoms with Gasteiger partial charge in [0.2, 0.25) is 5.01 Å². The highest BCUT2D eigenvalue weighted by Crippen LogP contribution is 2.39. The van der Waals surface area contributed by atoms with Gasteiger partial charge in [-0.05, 0) is 32.3 Å². The first-order valence-corrected chi connectivity index (χ1v) is 11.1. The minimum absolute atomic E-state index is 0.0922. The molecule has 0 radical (unpaired) electrons. The van der Waals surface area contributed by atoms with Crippen molar-refractivity contribution in [1.82, 2.24) is 4.98 Å². The summed E-state index contributed by atoms with van der Waals surface area (Å²) >= 11 is 0.960. The molecule has 2 aromatic rings. The second-order valence-corrected chi connectivity index (χ2v) is 8.93. The molecular formula is C17H19N3O7S2. The molecule has 156 valence electrons. The average Bonchev–Trinajstić information content (AvgIpc) is 3.00. The monoisotopic (exact) mass is 441 g/mol. The van der Waals surface area contributed by atoms with E-state index in [0.717, 1.165) is 29.5 Å². The van der Waals surface area contributed by atoms with Crippen molar-refractivity contribution in [3.8, 4) is 5.75 Å². The standard InChI is InChI=1S/C17H19N3O7S2/c1-3-27-17(21)15-18-12-6-4-5-9-19(16(12)28-15)29(24,25)14-8-7-11(20(22)23)10-13(14)26-2/h7-8,10H,3-6,9H2,1-2H3. The molecule has 0 fully saturated rings. The summed E-state index contributed by atoms with van der Waals surface area (Å²) in [4.78, 5) is 26.5. The number of carbonyl (C=O) groups excluding carboxylic acids is 1. The van der Waals surface area contributed by atoms with Gasteiger partial charge in [0.05, 0.1) is 30.4 Å². The number of benzene rings is 1. The van der Waals surface area contributed by atoms with E-state index in [-0.39, 0.29) is 34.5 Å². The molecule has 0 aliphatic carbocycles. The lowest BCUT2D eigenvalue weighted by Crippen LogP contribution is -2.31. The van der Waals surface area contributed by atoms with E-state index in [4.69, 9.17) is 9.47 Å². The number of thiazole rings is 1. The molecule has 12 heteroatoms. The van der Waals surface area contributed by atoms with Gasteiger partial charge in [-0.2, -0.15) is 0 Å². The predicted molar refractivity (Wildman–Crippen MR) is 105 cm³/mol. The maximum absolute atomic E-state index is 13.4. The highest BCUT2D eigenvalue weighted by molar-refractivity contribution is 7.93. The first-order valence-electron chi connectivity index (χ1n) is 8.81. The van der Waals surface area contributed by atoms with Crippen molar-refractivity contribution >= 4 is 38.0 Å². The van der Waals surface area contributed by atoms with Crippen LogP contribution in [0.3, 0.4) is 0 Å². The molecule has 1 aromatic heterocycles. The quantitative estimate of drug-likeness (QED) is 0.380. The summed E-state index contributed by atoms with van der Waals surface area (Å²) in [6.45, 7) is 2.05. The van der Waals surface area contributed by atoms with Crippen molar-refractivity contribution in [2.45, 2.75) is 31.1 Å². The van der Waals surface area contributed by atoms with Crippen LogP contribution in [0.25, 0.3) is 0 Å². The number of non-ortho nitro benzene ring substituents is 1.